The first kappa shape index (κ1) is 12.6. The number of carbonyl (C=O) groups is 2. The molecule has 0 saturated carbocycles. The Labute approximate surface area is 107 Å². The van der Waals surface area contributed by atoms with E-state index >= 15 is 0 Å². The van der Waals surface area contributed by atoms with Crippen LogP contribution in [0.4, 0.5) is 0 Å². The molecule has 0 atom stereocenters. The summed E-state index contributed by atoms with van der Waals surface area (Å²) in [5.74, 6) is -0.135. The molecule has 2 amide bonds. The summed E-state index contributed by atoms with van der Waals surface area (Å²) in [6, 6.07) is 5.78. The Balaban J connectivity index is 2.21. The van der Waals surface area contributed by atoms with Crippen molar-refractivity contribution in [2.75, 3.05) is 19.6 Å². The SMILES string of the molecule is Cc1cc(C)cc(C(=O)N2CCCNC(=O)C2)c1. The molecule has 1 heterocycles. The fourth-order valence-electron chi connectivity index (χ4n) is 2.26. The zero-order chi connectivity index (χ0) is 13.1. The summed E-state index contributed by atoms with van der Waals surface area (Å²) in [5, 5.41) is 2.77. The molecule has 1 fully saturated rings. The summed E-state index contributed by atoms with van der Waals surface area (Å²) >= 11 is 0. The molecule has 18 heavy (non-hydrogen) atoms. The van der Waals surface area contributed by atoms with E-state index in [0.717, 1.165) is 17.5 Å². The van der Waals surface area contributed by atoms with Gasteiger partial charge in [-0.25, -0.2) is 0 Å². The Bertz CT molecular complexity index is 462. The van der Waals surface area contributed by atoms with E-state index in [-0.39, 0.29) is 18.4 Å². The van der Waals surface area contributed by atoms with E-state index in [1.807, 2.05) is 32.0 Å². The van der Waals surface area contributed by atoms with E-state index in [1.165, 1.54) is 0 Å². The Morgan fingerprint density at radius 2 is 1.89 bits per heavy atom. The largest absolute Gasteiger partial charge is 0.354 e. The highest BCUT2D eigenvalue weighted by Gasteiger charge is 2.21. The third-order valence-electron chi connectivity index (χ3n) is 3.02. The van der Waals surface area contributed by atoms with Gasteiger partial charge in [0.1, 0.15) is 0 Å². The number of nitrogens with one attached hydrogen (secondary N) is 1. The van der Waals surface area contributed by atoms with Crippen molar-refractivity contribution in [3.63, 3.8) is 0 Å². The molecule has 1 aliphatic heterocycles. The van der Waals surface area contributed by atoms with Crippen molar-refractivity contribution in [3.8, 4) is 0 Å². The third-order valence-corrected chi connectivity index (χ3v) is 3.02. The molecule has 96 valence electrons. The maximum Gasteiger partial charge on any atom is 0.254 e. The van der Waals surface area contributed by atoms with Crippen molar-refractivity contribution in [2.45, 2.75) is 20.3 Å². The van der Waals surface area contributed by atoms with Gasteiger partial charge in [-0.15, -0.1) is 0 Å². The van der Waals surface area contributed by atoms with Crippen LogP contribution in [-0.4, -0.2) is 36.3 Å². The van der Waals surface area contributed by atoms with E-state index in [2.05, 4.69) is 5.32 Å². The van der Waals surface area contributed by atoms with E-state index in [0.29, 0.717) is 18.7 Å². The number of rotatable bonds is 1. The molecule has 0 aromatic heterocycles. The summed E-state index contributed by atoms with van der Waals surface area (Å²) < 4.78 is 0. The van der Waals surface area contributed by atoms with Gasteiger partial charge in [0.2, 0.25) is 5.91 Å². The molecule has 0 bridgehead atoms. The highest BCUT2D eigenvalue weighted by Crippen LogP contribution is 2.12. The minimum atomic E-state index is -0.0785. The lowest BCUT2D eigenvalue weighted by Gasteiger charge is -2.19. The van der Waals surface area contributed by atoms with Crippen molar-refractivity contribution >= 4 is 11.8 Å². The standard InChI is InChI=1S/C14H18N2O2/c1-10-6-11(2)8-12(7-10)14(18)16-5-3-4-15-13(17)9-16/h6-8H,3-5,9H2,1-2H3,(H,15,17). The molecule has 0 unspecified atom stereocenters. The van der Waals surface area contributed by atoms with E-state index in [4.69, 9.17) is 0 Å². The topological polar surface area (TPSA) is 49.4 Å². The van der Waals surface area contributed by atoms with Crippen molar-refractivity contribution < 1.29 is 9.59 Å². The van der Waals surface area contributed by atoms with Gasteiger partial charge in [0.05, 0.1) is 6.54 Å². The van der Waals surface area contributed by atoms with Crippen LogP contribution in [0.5, 0.6) is 0 Å². The van der Waals surface area contributed by atoms with Gasteiger partial charge < -0.3 is 10.2 Å². The number of nitrogens with zero attached hydrogens (tertiary/aromatic N) is 1. The number of hydrogen-bond donors (Lipinski definition) is 1. The average Bonchev–Trinajstić information content (AvgIpc) is 2.51. The summed E-state index contributed by atoms with van der Waals surface area (Å²) in [5.41, 5.74) is 2.80. The Hall–Kier alpha value is -1.84. The first-order valence-electron chi connectivity index (χ1n) is 6.20. The van der Waals surface area contributed by atoms with Crippen LogP contribution in [0.1, 0.15) is 27.9 Å². The van der Waals surface area contributed by atoms with Crippen LogP contribution in [0, 0.1) is 13.8 Å². The van der Waals surface area contributed by atoms with E-state index in [1.54, 1.807) is 4.90 Å². The number of benzene rings is 1. The van der Waals surface area contributed by atoms with Crippen molar-refractivity contribution in [1.82, 2.24) is 10.2 Å². The summed E-state index contributed by atoms with van der Waals surface area (Å²) in [4.78, 5) is 25.4. The van der Waals surface area contributed by atoms with Crippen LogP contribution in [0.2, 0.25) is 0 Å². The smallest absolute Gasteiger partial charge is 0.254 e. The minimum Gasteiger partial charge on any atom is -0.354 e. The molecule has 0 radical (unpaired) electrons. The predicted octanol–water partition coefficient (Wildman–Crippen LogP) is 1.27. The molecule has 0 aliphatic carbocycles. The van der Waals surface area contributed by atoms with Crippen LogP contribution in [0.25, 0.3) is 0 Å². The van der Waals surface area contributed by atoms with Crippen molar-refractivity contribution in [1.29, 1.82) is 0 Å². The predicted molar refractivity (Wildman–Crippen MR) is 69.4 cm³/mol. The summed E-state index contributed by atoms with van der Waals surface area (Å²) in [7, 11) is 0. The molecule has 1 aliphatic rings. The van der Waals surface area contributed by atoms with Gasteiger partial charge in [0.15, 0.2) is 0 Å². The Morgan fingerprint density at radius 1 is 1.22 bits per heavy atom. The van der Waals surface area contributed by atoms with Crippen LogP contribution < -0.4 is 5.32 Å². The lowest BCUT2D eigenvalue weighted by Crippen LogP contribution is -2.37. The van der Waals surface area contributed by atoms with Crippen LogP contribution in [0.3, 0.4) is 0 Å². The van der Waals surface area contributed by atoms with Crippen molar-refractivity contribution in [3.05, 3.63) is 34.9 Å². The van der Waals surface area contributed by atoms with Crippen LogP contribution in [-0.2, 0) is 4.79 Å². The number of aryl methyl sites for hydroxylation is 2. The van der Waals surface area contributed by atoms with Gasteiger partial charge in [-0.3, -0.25) is 9.59 Å². The van der Waals surface area contributed by atoms with E-state index in [9.17, 15) is 9.59 Å². The van der Waals surface area contributed by atoms with Crippen LogP contribution >= 0.6 is 0 Å². The lowest BCUT2D eigenvalue weighted by atomic mass is 10.1. The number of carbonyl (C=O) groups excluding carboxylic acids is 2. The summed E-state index contributed by atoms with van der Waals surface area (Å²) in [6.07, 6.45) is 0.808. The van der Waals surface area contributed by atoms with Gasteiger partial charge in [-0.05, 0) is 32.4 Å². The maximum atomic E-state index is 12.3. The second kappa shape index (κ2) is 5.21. The van der Waals surface area contributed by atoms with Gasteiger partial charge in [0, 0.05) is 18.7 Å². The van der Waals surface area contributed by atoms with Crippen LogP contribution in [0.15, 0.2) is 18.2 Å². The Morgan fingerprint density at radius 3 is 2.56 bits per heavy atom. The number of amides is 2. The quantitative estimate of drug-likeness (QED) is 0.811. The molecule has 2 rings (SSSR count). The first-order valence-corrected chi connectivity index (χ1v) is 6.20. The van der Waals surface area contributed by atoms with Gasteiger partial charge in [-0.1, -0.05) is 17.2 Å². The zero-order valence-corrected chi connectivity index (χ0v) is 10.8. The zero-order valence-electron chi connectivity index (χ0n) is 10.8. The fraction of sp³-hybridized carbons (Fsp3) is 0.429. The molecular weight excluding hydrogens is 228 g/mol. The molecule has 1 aromatic carbocycles. The summed E-state index contributed by atoms with van der Waals surface area (Å²) in [6.45, 7) is 5.38. The van der Waals surface area contributed by atoms with Gasteiger partial charge in [-0.2, -0.15) is 0 Å². The van der Waals surface area contributed by atoms with Gasteiger partial charge >= 0.3 is 0 Å². The minimum absolute atomic E-state index is 0.0566. The monoisotopic (exact) mass is 246 g/mol. The molecule has 4 heteroatoms. The Kier molecular flexibility index (Phi) is 3.65. The third kappa shape index (κ3) is 2.88. The molecular formula is C14H18N2O2. The first-order chi connectivity index (χ1) is 8.56. The molecule has 1 aromatic rings. The van der Waals surface area contributed by atoms with Gasteiger partial charge in [0.25, 0.3) is 5.91 Å². The second-order valence-corrected chi connectivity index (χ2v) is 4.81. The molecule has 1 N–H and O–H groups in total. The highest BCUT2D eigenvalue weighted by atomic mass is 16.2. The average molecular weight is 246 g/mol. The fourth-order valence-corrected chi connectivity index (χ4v) is 2.26. The van der Waals surface area contributed by atoms with Crippen molar-refractivity contribution in [2.24, 2.45) is 0 Å². The second-order valence-electron chi connectivity index (χ2n) is 4.81. The molecule has 1 saturated heterocycles. The molecule has 4 nitrogen and oxygen atoms in total. The van der Waals surface area contributed by atoms with E-state index < -0.39 is 0 Å². The lowest BCUT2D eigenvalue weighted by molar-refractivity contribution is -0.121. The number of hydrogen-bond acceptors (Lipinski definition) is 2. The molecule has 0 spiro atoms. The maximum absolute atomic E-state index is 12.3. The highest BCUT2D eigenvalue weighted by molar-refractivity contribution is 5.97. The normalized spacial score (nSPS) is 16.1.